The van der Waals surface area contributed by atoms with Gasteiger partial charge in [0.2, 0.25) is 0 Å². The highest BCUT2D eigenvalue weighted by atomic mass is 32.1. The van der Waals surface area contributed by atoms with Crippen LogP contribution in [0.15, 0.2) is 81.2 Å². The third-order valence-corrected chi connectivity index (χ3v) is 6.93. The van der Waals surface area contributed by atoms with Gasteiger partial charge in [-0.1, -0.05) is 59.9 Å². The lowest BCUT2D eigenvalue weighted by Gasteiger charge is -2.24. The molecule has 0 N–H and O–H groups in total. The van der Waals surface area contributed by atoms with Gasteiger partial charge in [0.15, 0.2) is 4.80 Å². The van der Waals surface area contributed by atoms with Crippen LogP contribution in [0.5, 0.6) is 5.75 Å². The van der Waals surface area contributed by atoms with E-state index in [-0.39, 0.29) is 18.3 Å². The Balaban J connectivity index is 1.69. The first-order valence-corrected chi connectivity index (χ1v) is 12.0. The zero-order valence-corrected chi connectivity index (χ0v) is 20.0. The molecule has 34 heavy (non-hydrogen) atoms. The third kappa shape index (κ3) is 3.82. The van der Waals surface area contributed by atoms with E-state index >= 15 is 0 Å². The summed E-state index contributed by atoms with van der Waals surface area (Å²) in [6, 6.07) is 16.7. The number of carbonyl (C=O) groups is 1. The number of nitrogens with zero attached hydrogens (tertiary/aromatic N) is 2. The molecule has 0 aliphatic carbocycles. The zero-order valence-electron chi connectivity index (χ0n) is 19.1. The fraction of sp³-hybridized carbons (Fsp3) is 0.222. The van der Waals surface area contributed by atoms with Crippen LogP contribution in [0.3, 0.4) is 0 Å². The highest BCUT2D eigenvalue weighted by molar-refractivity contribution is 7.07. The number of fused-ring (bicyclic) bond motifs is 2. The Morgan fingerprint density at radius 2 is 1.91 bits per heavy atom. The van der Waals surface area contributed by atoms with Gasteiger partial charge in [-0.15, -0.1) is 0 Å². The van der Waals surface area contributed by atoms with Gasteiger partial charge >= 0.3 is 5.97 Å². The molecule has 0 radical (unpaired) electrons. The molecule has 0 saturated heterocycles. The Morgan fingerprint density at radius 1 is 1.18 bits per heavy atom. The predicted octanol–water partition coefficient (Wildman–Crippen LogP) is 3.61. The quantitative estimate of drug-likeness (QED) is 0.544. The van der Waals surface area contributed by atoms with E-state index in [2.05, 4.69) is 4.99 Å². The van der Waals surface area contributed by atoms with Crippen LogP contribution in [0.4, 0.5) is 0 Å². The first-order valence-electron chi connectivity index (χ1n) is 11.2. The molecule has 0 spiro atoms. The van der Waals surface area contributed by atoms with Crippen molar-refractivity contribution in [2.75, 3.05) is 6.61 Å². The summed E-state index contributed by atoms with van der Waals surface area (Å²) >= 11 is 1.31. The van der Waals surface area contributed by atoms with Crippen molar-refractivity contribution in [3.05, 3.63) is 102 Å². The SMILES string of the molecule is CCOC(=O)C1=C(C)N=c2s/c(=C\C3=Cc4ccccc4O[C@H]3C)c(=O)n2[C@H]1c1ccccc1. The summed E-state index contributed by atoms with van der Waals surface area (Å²) in [7, 11) is 0. The maximum Gasteiger partial charge on any atom is 0.338 e. The summed E-state index contributed by atoms with van der Waals surface area (Å²) in [4.78, 5) is 31.8. The van der Waals surface area contributed by atoms with Crippen LogP contribution in [-0.4, -0.2) is 23.2 Å². The fourth-order valence-corrected chi connectivity index (χ4v) is 5.36. The van der Waals surface area contributed by atoms with E-state index in [1.165, 1.54) is 11.3 Å². The Labute approximate surface area is 200 Å². The molecule has 2 atom stereocenters. The van der Waals surface area contributed by atoms with Gasteiger partial charge in [-0.25, -0.2) is 9.79 Å². The van der Waals surface area contributed by atoms with Crippen LogP contribution in [0.25, 0.3) is 12.2 Å². The molecule has 0 bridgehead atoms. The van der Waals surface area contributed by atoms with E-state index in [1.54, 1.807) is 18.4 Å². The molecule has 5 rings (SSSR count). The number of thiazole rings is 1. The molecule has 0 saturated carbocycles. The van der Waals surface area contributed by atoms with Gasteiger partial charge in [0.1, 0.15) is 11.9 Å². The van der Waals surface area contributed by atoms with Gasteiger partial charge in [0, 0.05) is 5.56 Å². The van der Waals surface area contributed by atoms with Crippen molar-refractivity contribution in [3.8, 4) is 5.75 Å². The average molecular weight is 473 g/mol. The van der Waals surface area contributed by atoms with Gasteiger partial charge in [-0.05, 0) is 50.1 Å². The average Bonchev–Trinajstić information content (AvgIpc) is 3.13. The van der Waals surface area contributed by atoms with E-state index in [1.807, 2.05) is 73.7 Å². The number of esters is 1. The lowest BCUT2D eigenvalue weighted by molar-refractivity contribution is -0.139. The van der Waals surface area contributed by atoms with Gasteiger partial charge in [-0.2, -0.15) is 0 Å². The maximum absolute atomic E-state index is 13.7. The molecule has 1 aromatic heterocycles. The van der Waals surface area contributed by atoms with Crippen LogP contribution in [0, 0.1) is 0 Å². The minimum Gasteiger partial charge on any atom is -0.485 e. The van der Waals surface area contributed by atoms with Crippen molar-refractivity contribution in [1.29, 1.82) is 0 Å². The topological polar surface area (TPSA) is 69.9 Å². The Kier molecular flexibility index (Phi) is 5.79. The number of aromatic nitrogens is 1. The molecule has 3 aromatic rings. The van der Waals surface area contributed by atoms with Crippen molar-refractivity contribution in [2.24, 2.45) is 4.99 Å². The van der Waals surface area contributed by atoms with Gasteiger partial charge < -0.3 is 9.47 Å². The predicted molar refractivity (Wildman–Crippen MR) is 132 cm³/mol. The second-order valence-corrected chi connectivity index (χ2v) is 9.16. The van der Waals surface area contributed by atoms with E-state index in [0.717, 1.165) is 22.4 Å². The van der Waals surface area contributed by atoms with Crippen molar-refractivity contribution < 1.29 is 14.3 Å². The fourth-order valence-electron chi connectivity index (χ4n) is 4.32. The monoisotopic (exact) mass is 472 g/mol. The molecule has 2 aliphatic rings. The first kappa shape index (κ1) is 22.1. The Morgan fingerprint density at radius 3 is 2.68 bits per heavy atom. The molecule has 2 aromatic carbocycles. The summed E-state index contributed by atoms with van der Waals surface area (Å²) < 4.78 is 13.5. The lowest BCUT2D eigenvalue weighted by Crippen LogP contribution is -2.40. The summed E-state index contributed by atoms with van der Waals surface area (Å²) in [6.45, 7) is 5.76. The van der Waals surface area contributed by atoms with Crippen molar-refractivity contribution >= 4 is 29.5 Å². The van der Waals surface area contributed by atoms with Gasteiger partial charge in [-0.3, -0.25) is 9.36 Å². The minimum absolute atomic E-state index is 0.195. The maximum atomic E-state index is 13.7. The Bertz CT molecular complexity index is 1510. The third-order valence-electron chi connectivity index (χ3n) is 5.94. The molecule has 0 amide bonds. The molecule has 6 nitrogen and oxygen atoms in total. The highest BCUT2D eigenvalue weighted by Crippen LogP contribution is 2.31. The molecule has 7 heteroatoms. The molecule has 0 unspecified atom stereocenters. The lowest BCUT2D eigenvalue weighted by atomic mass is 9.96. The summed E-state index contributed by atoms with van der Waals surface area (Å²) in [6.07, 6.45) is 3.72. The van der Waals surface area contributed by atoms with Gasteiger partial charge in [0.25, 0.3) is 5.56 Å². The number of hydrogen-bond acceptors (Lipinski definition) is 6. The van der Waals surface area contributed by atoms with Crippen molar-refractivity contribution in [3.63, 3.8) is 0 Å². The molecule has 172 valence electrons. The van der Waals surface area contributed by atoms with Crippen LogP contribution < -0.4 is 19.6 Å². The number of para-hydroxylation sites is 1. The van der Waals surface area contributed by atoms with Gasteiger partial charge in [0.05, 0.1) is 28.5 Å². The molecule has 2 aliphatic heterocycles. The zero-order chi connectivity index (χ0) is 23.8. The van der Waals surface area contributed by atoms with E-state index < -0.39 is 12.0 Å². The molecule has 3 heterocycles. The smallest absolute Gasteiger partial charge is 0.338 e. The number of benzene rings is 2. The molecular formula is C27H24N2O4S. The van der Waals surface area contributed by atoms with Crippen molar-refractivity contribution in [1.82, 2.24) is 4.57 Å². The highest BCUT2D eigenvalue weighted by Gasteiger charge is 2.33. The number of carbonyl (C=O) groups excluding carboxylic acids is 1. The Hall–Kier alpha value is -3.71. The first-order chi connectivity index (χ1) is 16.5. The normalized spacial score (nSPS) is 19.5. The van der Waals surface area contributed by atoms with E-state index in [0.29, 0.717) is 20.6 Å². The van der Waals surface area contributed by atoms with Crippen LogP contribution in [0.1, 0.15) is 37.9 Å². The molecular weight excluding hydrogens is 448 g/mol. The number of allylic oxidation sites excluding steroid dienone is 1. The van der Waals surface area contributed by atoms with Crippen LogP contribution >= 0.6 is 11.3 Å². The van der Waals surface area contributed by atoms with Crippen LogP contribution in [0.2, 0.25) is 0 Å². The largest absolute Gasteiger partial charge is 0.485 e. The summed E-state index contributed by atoms with van der Waals surface area (Å²) in [5.74, 6) is 0.368. The summed E-state index contributed by atoms with van der Waals surface area (Å²) in [5, 5.41) is 0. The number of rotatable bonds is 4. The second kappa shape index (κ2) is 8.91. The molecule has 0 fully saturated rings. The standard InChI is InChI=1S/C27H24N2O4S/c1-4-32-26(31)23-16(2)28-27-29(24(23)18-10-6-5-7-11-18)25(30)22(34-27)15-20-14-19-12-8-9-13-21(19)33-17(20)3/h5-15,17,24H,4H2,1-3H3/b22-15-/t17-,24-/m0/s1. The minimum atomic E-state index is -0.603. The summed E-state index contributed by atoms with van der Waals surface area (Å²) in [5.41, 5.74) is 3.45. The van der Waals surface area contributed by atoms with E-state index in [9.17, 15) is 9.59 Å². The second-order valence-electron chi connectivity index (χ2n) is 8.16. The van der Waals surface area contributed by atoms with E-state index in [4.69, 9.17) is 9.47 Å². The van der Waals surface area contributed by atoms with Crippen molar-refractivity contribution in [2.45, 2.75) is 32.9 Å². The van der Waals surface area contributed by atoms with Crippen LogP contribution in [-0.2, 0) is 9.53 Å². The number of ether oxygens (including phenoxy) is 2. The number of hydrogen-bond donors (Lipinski definition) is 0.